The van der Waals surface area contributed by atoms with Gasteiger partial charge >= 0.3 is 0 Å². The molecule has 1 aliphatic rings. The van der Waals surface area contributed by atoms with E-state index in [2.05, 4.69) is 29.2 Å². The second kappa shape index (κ2) is 6.49. The zero-order valence-electron chi connectivity index (χ0n) is 13.2. The van der Waals surface area contributed by atoms with Crippen LogP contribution in [0.1, 0.15) is 36.6 Å². The number of aryl methyl sites for hydroxylation is 1. The molecule has 1 fully saturated rings. The van der Waals surface area contributed by atoms with Crippen molar-refractivity contribution >= 4 is 5.69 Å². The van der Waals surface area contributed by atoms with Crippen molar-refractivity contribution in [3.8, 4) is 0 Å². The summed E-state index contributed by atoms with van der Waals surface area (Å²) in [6.45, 7) is 7.12. The van der Waals surface area contributed by atoms with E-state index in [0.717, 1.165) is 18.3 Å². The lowest BCUT2D eigenvalue weighted by Gasteiger charge is -2.24. The molecule has 0 saturated heterocycles. The molecule has 21 heavy (non-hydrogen) atoms. The molecule has 0 aliphatic heterocycles. The Balaban J connectivity index is 1.94. The maximum atomic E-state index is 11.1. The first-order valence-electron chi connectivity index (χ1n) is 7.44. The lowest BCUT2D eigenvalue weighted by molar-refractivity contribution is -0.386. The van der Waals surface area contributed by atoms with Gasteiger partial charge in [0.25, 0.3) is 5.69 Å². The molecule has 1 unspecified atom stereocenters. The van der Waals surface area contributed by atoms with E-state index >= 15 is 0 Å². The Morgan fingerprint density at radius 2 is 2.19 bits per heavy atom. The zero-order chi connectivity index (χ0) is 15.6. The average molecular weight is 292 g/mol. The van der Waals surface area contributed by atoms with Gasteiger partial charge in [-0.1, -0.05) is 0 Å². The van der Waals surface area contributed by atoms with Crippen molar-refractivity contribution in [1.29, 1.82) is 0 Å². The Morgan fingerprint density at radius 1 is 1.52 bits per heavy atom. The fourth-order valence-electron chi connectivity index (χ4n) is 2.61. The summed E-state index contributed by atoms with van der Waals surface area (Å²) >= 11 is 0. The van der Waals surface area contributed by atoms with Gasteiger partial charge in [-0.25, -0.2) is 0 Å². The first-order valence-corrected chi connectivity index (χ1v) is 7.44. The van der Waals surface area contributed by atoms with Gasteiger partial charge in [0.1, 0.15) is 0 Å². The third-order valence-corrected chi connectivity index (χ3v) is 4.31. The third kappa shape index (κ3) is 3.77. The summed E-state index contributed by atoms with van der Waals surface area (Å²) in [5, 5.41) is 14.5. The van der Waals surface area contributed by atoms with Gasteiger partial charge in [-0.2, -0.15) is 0 Å². The number of nitrogens with one attached hydrogen (secondary N) is 1. The molecular weight excluding hydrogens is 268 g/mol. The molecule has 6 heteroatoms. The smallest absolute Gasteiger partial charge is 0.278 e. The predicted molar refractivity (Wildman–Crippen MR) is 82.3 cm³/mol. The summed E-state index contributed by atoms with van der Waals surface area (Å²) in [7, 11) is 2.16. The minimum atomic E-state index is -0.320. The molecule has 1 aromatic heterocycles. The van der Waals surface area contributed by atoms with Crippen LogP contribution in [0.2, 0.25) is 0 Å². The quantitative estimate of drug-likeness (QED) is 0.616. The number of hydrogen-bond acceptors (Lipinski definition) is 5. The first-order chi connectivity index (χ1) is 9.91. The molecule has 1 aliphatic carbocycles. The maximum absolute atomic E-state index is 11.1. The molecule has 0 radical (unpaired) electrons. The van der Waals surface area contributed by atoms with E-state index in [4.69, 9.17) is 0 Å². The Morgan fingerprint density at radius 3 is 2.76 bits per heavy atom. The molecule has 2 rings (SSSR count). The van der Waals surface area contributed by atoms with E-state index in [1.165, 1.54) is 12.8 Å². The second-order valence-corrected chi connectivity index (χ2v) is 6.00. The highest BCUT2D eigenvalue weighted by Gasteiger charge is 2.28. The second-order valence-electron chi connectivity index (χ2n) is 6.00. The molecule has 1 heterocycles. The van der Waals surface area contributed by atoms with Crippen LogP contribution in [0.15, 0.2) is 6.20 Å². The highest BCUT2D eigenvalue weighted by molar-refractivity contribution is 5.47. The minimum Gasteiger partial charge on any atom is -0.310 e. The SMILES string of the molecule is Cc1cnc(CNCC(C)N(C)C2CC2)c(C)c1[N+](=O)[O-]. The van der Waals surface area contributed by atoms with Crippen LogP contribution in [0.25, 0.3) is 0 Å². The summed E-state index contributed by atoms with van der Waals surface area (Å²) in [6.07, 6.45) is 4.18. The number of nitrogens with zero attached hydrogens (tertiary/aromatic N) is 3. The number of aromatic nitrogens is 1. The molecule has 6 nitrogen and oxygen atoms in total. The lowest BCUT2D eigenvalue weighted by atomic mass is 10.1. The highest BCUT2D eigenvalue weighted by Crippen LogP contribution is 2.27. The van der Waals surface area contributed by atoms with Crippen molar-refractivity contribution in [2.75, 3.05) is 13.6 Å². The lowest BCUT2D eigenvalue weighted by Crippen LogP contribution is -2.39. The molecule has 1 saturated carbocycles. The van der Waals surface area contributed by atoms with Crippen molar-refractivity contribution in [3.63, 3.8) is 0 Å². The molecule has 0 spiro atoms. The van der Waals surface area contributed by atoms with E-state index in [1.54, 1.807) is 20.0 Å². The Bertz CT molecular complexity index is 529. The van der Waals surface area contributed by atoms with Gasteiger partial charge in [-0.3, -0.25) is 20.0 Å². The molecule has 0 amide bonds. The normalized spacial score (nSPS) is 16.2. The standard InChI is InChI=1S/C15H24N4O2/c1-10-7-17-14(12(3)15(10)19(20)21)9-16-8-11(2)18(4)13-5-6-13/h7,11,13,16H,5-6,8-9H2,1-4H3. The van der Waals surface area contributed by atoms with Crippen molar-refractivity contribution in [2.24, 2.45) is 0 Å². The first kappa shape index (κ1) is 15.9. The predicted octanol–water partition coefficient (Wildman–Crippen LogP) is 2.18. The van der Waals surface area contributed by atoms with Gasteiger partial charge < -0.3 is 5.32 Å². The molecule has 0 aromatic carbocycles. The fourth-order valence-corrected chi connectivity index (χ4v) is 2.61. The third-order valence-electron chi connectivity index (χ3n) is 4.31. The van der Waals surface area contributed by atoms with E-state index in [0.29, 0.717) is 23.7 Å². The van der Waals surface area contributed by atoms with Gasteiger partial charge in [-0.05, 0) is 40.7 Å². The van der Waals surface area contributed by atoms with Crippen molar-refractivity contribution in [3.05, 3.63) is 33.1 Å². The molecule has 1 N–H and O–H groups in total. The molecular formula is C15H24N4O2. The van der Waals surface area contributed by atoms with E-state index in [9.17, 15) is 10.1 Å². The number of pyridine rings is 1. The van der Waals surface area contributed by atoms with Gasteiger partial charge in [0.05, 0.1) is 10.6 Å². The summed E-state index contributed by atoms with van der Waals surface area (Å²) in [4.78, 5) is 17.5. The van der Waals surface area contributed by atoms with Crippen LogP contribution in [0.5, 0.6) is 0 Å². The van der Waals surface area contributed by atoms with Crippen molar-refractivity contribution in [2.45, 2.75) is 52.2 Å². The average Bonchev–Trinajstić information content (AvgIpc) is 3.24. The zero-order valence-corrected chi connectivity index (χ0v) is 13.2. The van der Waals surface area contributed by atoms with Crippen LogP contribution in [0, 0.1) is 24.0 Å². The van der Waals surface area contributed by atoms with Crippen LogP contribution in [-0.2, 0) is 6.54 Å². The van der Waals surface area contributed by atoms with Gasteiger partial charge in [0.15, 0.2) is 0 Å². The maximum Gasteiger partial charge on any atom is 0.278 e. The largest absolute Gasteiger partial charge is 0.310 e. The molecule has 116 valence electrons. The molecule has 1 aromatic rings. The van der Waals surface area contributed by atoms with Crippen molar-refractivity contribution < 1.29 is 4.92 Å². The Labute approximate surface area is 125 Å². The molecule has 0 bridgehead atoms. The van der Waals surface area contributed by atoms with E-state index < -0.39 is 0 Å². The summed E-state index contributed by atoms with van der Waals surface area (Å²) in [6, 6.07) is 1.19. The number of rotatable bonds is 7. The number of likely N-dealkylation sites (N-methyl/N-ethyl adjacent to an activating group) is 1. The Kier molecular flexibility index (Phi) is 4.90. The van der Waals surface area contributed by atoms with E-state index in [1.807, 2.05) is 0 Å². The fraction of sp³-hybridized carbons (Fsp3) is 0.667. The van der Waals surface area contributed by atoms with Crippen LogP contribution in [-0.4, -0.2) is 40.5 Å². The monoisotopic (exact) mass is 292 g/mol. The summed E-state index contributed by atoms with van der Waals surface area (Å²) in [5.41, 5.74) is 2.22. The van der Waals surface area contributed by atoms with E-state index in [-0.39, 0.29) is 10.6 Å². The summed E-state index contributed by atoms with van der Waals surface area (Å²) < 4.78 is 0. The minimum absolute atomic E-state index is 0.185. The van der Waals surface area contributed by atoms with Crippen LogP contribution >= 0.6 is 0 Å². The van der Waals surface area contributed by atoms with Gasteiger partial charge in [0.2, 0.25) is 0 Å². The summed E-state index contributed by atoms with van der Waals surface area (Å²) in [5.74, 6) is 0. The topological polar surface area (TPSA) is 71.3 Å². The van der Waals surface area contributed by atoms with Crippen LogP contribution in [0.4, 0.5) is 5.69 Å². The molecule has 1 atom stereocenters. The van der Waals surface area contributed by atoms with Gasteiger partial charge in [0, 0.05) is 42.5 Å². The number of nitro groups is 1. The number of hydrogen-bond donors (Lipinski definition) is 1. The highest BCUT2D eigenvalue weighted by atomic mass is 16.6. The van der Waals surface area contributed by atoms with Crippen molar-refractivity contribution in [1.82, 2.24) is 15.2 Å². The van der Waals surface area contributed by atoms with Crippen LogP contribution in [0.3, 0.4) is 0 Å². The van der Waals surface area contributed by atoms with Crippen LogP contribution < -0.4 is 5.32 Å². The Hall–Kier alpha value is -1.53. The van der Waals surface area contributed by atoms with Gasteiger partial charge in [-0.15, -0.1) is 0 Å².